The van der Waals surface area contributed by atoms with Crippen molar-refractivity contribution in [1.29, 1.82) is 0 Å². The number of hydrogen-bond acceptors (Lipinski definition) is 5. The van der Waals surface area contributed by atoms with Gasteiger partial charge in [-0.05, 0) is 43.0 Å². The number of thiophene rings is 1. The Bertz CT molecular complexity index is 1140. The molecule has 0 aliphatic carbocycles. The summed E-state index contributed by atoms with van der Waals surface area (Å²) in [6.45, 7) is -0.209. The topological polar surface area (TPSA) is 73.2 Å². The van der Waals surface area contributed by atoms with Crippen molar-refractivity contribution in [2.24, 2.45) is 0 Å². The van der Waals surface area contributed by atoms with Gasteiger partial charge in [0.25, 0.3) is 11.5 Å². The van der Waals surface area contributed by atoms with E-state index in [0.29, 0.717) is 27.2 Å². The molecule has 0 spiro atoms. The standard InChI is InChI=1S/C21H21F2N3O3S/c1-12-16-19(25-15-5-3-2-4-10-26(15)20(16)28)30-17(12)18(27)24-11-13-6-8-14(9-7-13)29-21(22)23/h6-9,21H,2-5,10-11H2,1H3,(H,24,27). The molecule has 2 aromatic heterocycles. The van der Waals surface area contributed by atoms with Gasteiger partial charge in [-0.1, -0.05) is 18.6 Å². The largest absolute Gasteiger partial charge is 0.435 e. The predicted octanol–water partition coefficient (Wildman–Crippen LogP) is 4.02. The minimum Gasteiger partial charge on any atom is -0.435 e. The van der Waals surface area contributed by atoms with E-state index in [-0.39, 0.29) is 23.8 Å². The molecular weight excluding hydrogens is 412 g/mol. The van der Waals surface area contributed by atoms with Crippen molar-refractivity contribution < 1.29 is 18.3 Å². The number of nitrogens with zero attached hydrogens (tertiary/aromatic N) is 2. The molecule has 1 aliphatic heterocycles. The van der Waals surface area contributed by atoms with Gasteiger partial charge in [0, 0.05) is 19.5 Å². The Kier molecular flexibility index (Phi) is 5.80. The van der Waals surface area contributed by atoms with Gasteiger partial charge in [-0.25, -0.2) is 4.98 Å². The van der Waals surface area contributed by atoms with Crippen LogP contribution in [0.1, 0.15) is 45.9 Å². The summed E-state index contributed by atoms with van der Waals surface area (Å²) >= 11 is 1.23. The van der Waals surface area contributed by atoms with E-state index in [4.69, 9.17) is 0 Å². The molecule has 0 saturated carbocycles. The first-order chi connectivity index (χ1) is 14.4. The van der Waals surface area contributed by atoms with Gasteiger partial charge in [0.15, 0.2) is 0 Å². The number of aromatic nitrogens is 2. The van der Waals surface area contributed by atoms with Gasteiger partial charge in [-0.15, -0.1) is 11.3 Å². The molecule has 1 aromatic carbocycles. The van der Waals surface area contributed by atoms with Crippen LogP contribution in [0, 0.1) is 6.92 Å². The third-order valence-corrected chi connectivity index (χ3v) is 6.40. The molecule has 158 valence electrons. The van der Waals surface area contributed by atoms with Crippen LogP contribution in [0.5, 0.6) is 5.75 Å². The summed E-state index contributed by atoms with van der Waals surface area (Å²) in [5, 5.41) is 3.34. The fraction of sp³-hybridized carbons (Fsp3) is 0.381. The molecule has 3 heterocycles. The van der Waals surface area contributed by atoms with Crippen molar-refractivity contribution >= 4 is 27.5 Å². The molecule has 9 heteroatoms. The van der Waals surface area contributed by atoms with Crippen LogP contribution < -0.4 is 15.6 Å². The number of carbonyl (C=O) groups is 1. The molecule has 1 aliphatic rings. The summed E-state index contributed by atoms with van der Waals surface area (Å²) < 4.78 is 30.5. The van der Waals surface area contributed by atoms with Crippen LogP contribution in [-0.4, -0.2) is 22.1 Å². The highest BCUT2D eigenvalue weighted by Gasteiger charge is 2.22. The third-order valence-electron chi connectivity index (χ3n) is 5.22. The number of ether oxygens (including phenoxy) is 1. The van der Waals surface area contributed by atoms with E-state index in [1.54, 1.807) is 23.6 Å². The number of alkyl halides is 2. The fourth-order valence-electron chi connectivity index (χ4n) is 3.68. The van der Waals surface area contributed by atoms with E-state index in [1.807, 2.05) is 0 Å². The SMILES string of the molecule is Cc1c(C(=O)NCc2ccc(OC(F)F)cc2)sc2nc3n(c(=O)c12)CCCCC3. The van der Waals surface area contributed by atoms with E-state index >= 15 is 0 Å². The zero-order chi connectivity index (χ0) is 21.3. The summed E-state index contributed by atoms with van der Waals surface area (Å²) in [5.41, 5.74) is 1.32. The number of hydrogen-bond donors (Lipinski definition) is 1. The Morgan fingerprint density at radius 2 is 2.03 bits per heavy atom. The van der Waals surface area contributed by atoms with Gasteiger partial charge in [0.05, 0.1) is 10.3 Å². The molecule has 0 unspecified atom stereocenters. The van der Waals surface area contributed by atoms with Gasteiger partial charge in [-0.3, -0.25) is 14.2 Å². The maximum atomic E-state index is 13.0. The number of carbonyl (C=O) groups excluding carboxylic acids is 1. The molecule has 1 amide bonds. The lowest BCUT2D eigenvalue weighted by molar-refractivity contribution is -0.0498. The second kappa shape index (κ2) is 8.51. The highest BCUT2D eigenvalue weighted by atomic mass is 32.1. The lowest BCUT2D eigenvalue weighted by Crippen LogP contribution is -2.25. The number of amides is 1. The second-order valence-corrected chi connectivity index (χ2v) is 8.24. The zero-order valence-electron chi connectivity index (χ0n) is 16.4. The first-order valence-corrected chi connectivity index (χ1v) is 10.6. The van der Waals surface area contributed by atoms with Crippen molar-refractivity contribution in [1.82, 2.24) is 14.9 Å². The summed E-state index contributed by atoms with van der Waals surface area (Å²) in [5.74, 6) is 0.569. The first kappa shape index (κ1) is 20.5. The summed E-state index contributed by atoms with van der Waals surface area (Å²) in [7, 11) is 0. The molecule has 6 nitrogen and oxygen atoms in total. The number of rotatable bonds is 5. The zero-order valence-corrected chi connectivity index (χ0v) is 17.2. The van der Waals surface area contributed by atoms with Crippen molar-refractivity contribution in [2.45, 2.75) is 52.3 Å². The Labute approximate surface area is 175 Å². The molecule has 0 bridgehead atoms. The van der Waals surface area contributed by atoms with E-state index < -0.39 is 6.61 Å². The summed E-state index contributed by atoms with van der Waals surface area (Å²) in [6, 6.07) is 6.08. The molecule has 3 aromatic rings. The highest BCUT2D eigenvalue weighted by molar-refractivity contribution is 7.20. The number of benzene rings is 1. The highest BCUT2D eigenvalue weighted by Crippen LogP contribution is 2.28. The number of aryl methyl sites for hydroxylation is 2. The third kappa shape index (κ3) is 4.07. The van der Waals surface area contributed by atoms with E-state index in [0.717, 1.165) is 37.1 Å². The van der Waals surface area contributed by atoms with Crippen molar-refractivity contribution in [3.63, 3.8) is 0 Å². The lowest BCUT2D eigenvalue weighted by atomic mass is 10.2. The molecular formula is C21H21F2N3O3S. The normalized spacial score (nSPS) is 13.9. The monoisotopic (exact) mass is 433 g/mol. The van der Waals surface area contributed by atoms with E-state index in [9.17, 15) is 18.4 Å². The average Bonchev–Trinajstić information content (AvgIpc) is 2.88. The maximum absolute atomic E-state index is 13.0. The molecule has 4 rings (SSSR count). The van der Waals surface area contributed by atoms with Crippen LogP contribution in [0.15, 0.2) is 29.1 Å². The Morgan fingerprint density at radius 3 is 2.77 bits per heavy atom. The quantitative estimate of drug-likeness (QED) is 0.660. The van der Waals surface area contributed by atoms with Gasteiger partial charge >= 0.3 is 6.61 Å². The van der Waals surface area contributed by atoms with Gasteiger partial charge < -0.3 is 10.1 Å². The van der Waals surface area contributed by atoms with Crippen molar-refractivity contribution in [3.05, 3.63) is 56.4 Å². The molecule has 1 N–H and O–H groups in total. The van der Waals surface area contributed by atoms with Crippen LogP contribution in [0.2, 0.25) is 0 Å². The van der Waals surface area contributed by atoms with Gasteiger partial charge in [0.1, 0.15) is 16.4 Å². The lowest BCUT2D eigenvalue weighted by Gasteiger charge is -2.08. The van der Waals surface area contributed by atoms with Crippen LogP contribution >= 0.6 is 11.3 Å². The van der Waals surface area contributed by atoms with Crippen LogP contribution in [-0.2, 0) is 19.5 Å². The summed E-state index contributed by atoms with van der Waals surface area (Å²) in [4.78, 5) is 31.5. The Morgan fingerprint density at radius 1 is 1.27 bits per heavy atom. The van der Waals surface area contributed by atoms with Crippen LogP contribution in [0.3, 0.4) is 0 Å². The van der Waals surface area contributed by atoms with E-state index in [1.165, 1.54) is 23.5 Å². The summed E-state index contributed by atoms with van der Waals surface area (Å²) in [6.07, 6.45) is 3.82. The Hall–Kier alpha value is -2.81. The number of fused-ring (bicyclic) bond motifs is 2. The van der Waals surface area contributed by atoms with Gasteiger partial charge in [0.2, 0.25) is 0 Å². The molecule has 0 fully saturated rings. The minimum absolute atomic E-state index is 0.0618. The molecule has 30 heavy (non-hydrogen) atoms. The molecule has 0 saturated heterocycles. The van der Waals surface area contributed by atoms with Crippen molar-refractivity contribution in [2.75, 3.05) is 0 Å². The molecule has 0 atom stereocenters. The maximum Gasteiger partial charge on any atom is 0.387 e. The van der Waals surface area contributed by atoms with Gasteiger partial charge in [-0.2, -0.15) is 8.78 Å². The van der Waals surface area contributed by atoms with Crippen LogP contribution in [0.25, 0.3) is 10.2 Å². The van der Waals surface area contributed by atoms with Crippen molar-refractivity contribution in [3.8, 4) is 5.75 Å². The average molecular weight is 433 g/mol. The molecule has 0 radical (unpaired) electrons. The smallest absolute Gasteiger partial charge is 0.387 e. The first-order valence-electron chi connectivity index (χ1n) is 9.79. The fourth-order valence-corrected chi connectivity index (χ4v) is 4.78. The van der Waals surface area contributed by atoms with Crippen LogP contribution in [0.4, 0.5) is 8.78 Å². The Balaban J connectivity index is 1.54. The number of halogens is 2. The predicted molar refractivity (Wildman–Crippen MR) is 110 cm³/mol. The minimum atomic E-state index is -2.88. The second-order valence-electron chi connectivity index (χ2n) is 7.24. The van der Waals surface area contributed by atoms with E-state index in [2.05, 4.69) is 15.0 Å². The number of nitrogens with one attached hydrogen (secondary N) is 1.